The van der Waals surface area contributed by atoms with Crippen molar-refractivity contribution in [2.75, 3.05) is 31.5 Å². The minimum Gasteiger partial charge on any atom is -0.384 e. The van der Waals surface area contributed by atoms with Crippen molar-refractivity contribution in [3.05, 3.63) is 23.0 Å². The quantitative estimate of drug-likeness (QED) is 0.779. The van der Waals surface area contributed by atoms with Gasteiger partial charge < -0.3 is 16.0 Å². The van der Waals surface area contributed by atoms with Crippen LogP contribution in [0, 0.1) is 11.8 Å². The van der Waals surface area contributed by atoms with Gasteiger partial charge in [-0.1, -0.05) is 11.6 Å². The summed E-state index contributed by atoms with van der Waals surface area (Å²) < 4.78 is 26.1. The molecule has 0 atom stereocenters. The van der Waals surface area contributed by atoms with Crippen LogP contribution in [0.25, 0.3) is 0 Å². The van der Waals surface area contributed by atoms with Crippen molar-refractivity contribution >= 4 is 23.2 Å². The number of anilines is 1. The number of hydrogen-bond acceptors (Lipinski definition) is 4. The fraction of sp³-hybridized carbons (Fsp3) is 0.647. The molecular weight excluding hydrogens is 350 g/mol. The van der Waals surface area contributed by atoms with Crippen molar-refractivity contribution in [1.29, 1.82) is 0 Å². The van der Waals surface area contributed by atoms with E-state index in [1.807, 2.05) is 0 Å². The van der Waals surface area contributed by atoms with Crippen molar-refractivity contribution in [1.82, 2.24) is 9.88 Å². The minimum absolute atomic E-state index is 0.264. The van der Waals surface area contributed by atoms with Gasteiger partial charge in [-0.25, -0.2) is 13.8 Å². The van der Waals surface area contributed by atoms with Gasteiger partial charge in [0.15, 0.2) is 0 Å². The van der Waals surface area contributed by atoms with Gasteiger partial charge in [0.05, 0.1) is 24.3 Å². The predicted octanol–water partition coefficient (Wildman–Crippen LogP) is 3.00. The lowest BCUT2D eigenvalue weighted by Crippen LogP contribution is -2.58. The first-order chi connectivity index (χ1) is 11.9. The lowest BCUT2D eigenvalue weighted by atomic mass is 9.82. The van der Waals surface area contributed by atoms with Crippen LogP contribution < -0.4 is 11.1 Å². The highest BCUT2D eigenvalue weighted by Gasteiger charge is 2.46. The lowest BCUT2D eigenvalue weighted by molar-refractivity contribution is -0.113. The summed E-state index contributed by atoms with van der Waals surface area (Å²) in [4.78, 5) is 17.5. The Morgan fingerprint density at radius 1 is 1.32 bits per heavy atom. The predicted molar refractivity (Wildman–Crippen MR) is 93.1 cm³/mol. The highest BCUT2D eigenvalue weighted by atomic mass is 35.5. The van der Waals surface area contributed by atoms with E-state index in [0.717, 1.165) is 37.1 Å². The van der Waals surface area contributed by atoms with E-state index in [4.69, 9.17) is 17.3 Å². The number of rotatable bonds is 5. The van der Waals surface area contributed by atoms with E-state index in [-0.39, 0.29) is 10.7 Å². The van der Waals surface area contributed by atoms with Crippen LogP contribution in [0.5, 0.6) is 0 Å². The number of amides is 1. The number of nitrogens with one attached hydrogen (secondary N) is 1. The van der Waals surface area contributed by atoms with Gasteiger partial charge in [0.25, 0.3) is 11.8 Å². The Hall–Kier alpha value is -1.47. The first-order valence-electron chi connectivity index (χ1n) is 8.64. The van der Waals surface area contributed by atoms with Crippen LogP contribution in [-0.4, -0.2) is 47.9 Å². The van der Waals surface area contributed by atoms with E-state index >= 15 is 0 Å². The molecule has 2 fully saturated rings. The molecule has 25 heavy (non-hydrogen) atoms. The number of pyridine rings is 1. The van der Waals surface area contributed by atoms with Crippen LogP contribution >= 0.6 is 11.6 Å². The Morgan fingerprint density at radius 3 is 2.56 bits per heavy atom. The molecule has 3 N–H and O–H groups in total. The van der Waals surface area contributed by atoms with Gasteiger partial charge in [-0.15, -0.1) is 0 Å². The lowest BCUT2D eigenvalue weighted by Gasteiger charge is -2.38. The maximum atomic E-state index is 13.0. The molecule has 0 bridgehead atoms. The number of hydrogen-bond donors (Lipinski definition) is 2. The molecular formula is C17H23ClF2N4O. The Balaban J connectivity index is 1.63. The summed E-state index contributed by atoms with van der Waals surface area (Å²) in [6.45, 7) is 0.362. The Bertz CT molecular complexity index is 627. The van der Waals surface area contributed by atoms with Gasteiger partial charge in [0.2, 0.25) is 0 Å². The molecule has 1 aromatic rings. The number of halogens is 3. The first kappa shape index (κ1) is 18.3. The summed E-state index contributed by atoms with van der Waals surface area (Å²) in [7, 11) is 0. The van der Waals surface area contributed by atoms with Crippen LogP contribution in [0.4, 0.5) is 14.5 Å². The Labute approximate surface area is 150 Å². The molecule has 0 radical (unpaired) electrons. The highest BCUT2D eigenvalue weighted by Crippen LogP contribution is 2.31. The number of carbonyl (C=O) groups excluding carboxylic acids is 1. The molecule has 0 unspecified atom stereocenters. The van der Waals surface area contributed by atoms with Gasteiger partial charge in [-0.3, -0.25) is 4.79 Å². The van der Waals surface area contributed by atoms with Crippen LogP contribution in [0.3, 0.4) is 0 Å². The largest absolute Gasteiger partial charge is 0.384 e. The van der Waals surface area contributed by atoms with Crippen LogP contribution in [0.1, 0.15) is 36.0 Å². The molecule has 1 aliphatic heterocycles. The molecule has 1 saturated heterocycles. The van der Waals surface area contributed by atoms with Crippen molar-refractivity contribution in [3.8, 4) is 0 Å². The van der Waals surface area contributed by atoms with Gasteiger partial charge >= 0.3 is 0 Å². The fourth-order valence-corrected chi connectivity index (χ4v) is 3.66. The fourth-order valence-electron chi connectivity index (χ4n) is 3.50. The summed E-state index contributed by atoms with van der Waals surface area (Å²) in [5.74, 6) is -2.11. The second kappa shape index (κ2) is 7.41. The number of carbonyl (C=O) groups is 1. The summed E-state index contributed by atoms with van der Waals surface area (Å²) in [5, 5.41) is 3.53. The molecule has 2 heterocycles. The summed E-state index contributed by atoms with van der Waals surface area (Å²) >= 11 is 5.94. The molecule has 5 nitrogen and oxygen atoms in total. The summed E-state index contributed by atoms with van der Waals surface area (Å²) in [6, 6.07) is 1.58. The molecule has 1 amide bonds. The second-order valence-electron chi connectivity index (χ2n) is 7.07. The maximum absolute atomic E-state index is 13.0. The average molecular weight is 373 g/mol. The third-order valence-electron chi connectivity index (χ3n) is 5.11. The molecule has 8 heteroatoms. The second-order valence-corrected chi connectivity index (χ2v) is 7.46. The highest BCUT2D eigenvalue weighted by molar-refractivity contribution is 6.29. The van der Waals surface area contributed by atoms with E-state index in [9.17, 15) is 13.6 Å². The molecule has 2 aliphatic rings. The van der Waals surface area contributed by atoms with Crippen LogP contribution in [0.2, 0.25) is 5.15 Å². The number of alkyl halides is 2. The Kier molecular flexibility index (Phi) is 5.43. The van der Waals surface area contributed by atoms with E-state index in [2.05, 4.69) is 10.3 Å². The van der Waals surface area contributed by atoms with Gasteiger partial charge in [-0.2, -0.15) is 0 Å². The minimum atomic E-state index is -2.79. The zero-order valence-electron chi connectivity index (χ0n) is 14.0. The summed E-state index contributed by atoms with van der Waals surface area (Å²) in [6.07, 6.45) is 5.78. The van der Waals surface area contributed by atoms with E-state index in [1.165, 1.54) is 6.20 Å². The first-order valence-corrected chi connectivity index (χ1v) is 9.02. The van der Waals surface area contributed by atoms with Gasteiger partial charge in [0, 0.05) is 12.7 Å². The molecule has 3 rings (SSSR count). The van der Waals surface area contributed by atoms with E-state index < -0.39 is 24.9 Å². The molecule has 1 saturated carbocycles. The van der Waals surface area contributed by atoms with Crippen molar-refractivity contribution in [2.45, 2.75) is 31.6 Å². The van der Waals surface area contributed by atoms with Gasteiger partial charge in [0.1, 0.15) is 5.15 Å². The average Bonchev–Trinajstić information content (AvgIpc) is 2.57. The maximum Gasteiger partial charge on any atom is 0.282 e. The molecule has 1 aliphatic carbocycles. The van der Waals surface area contributed by atoms with Crippen molar-refractivity contribution < 1.29 is 13.6 Å². The third kappa shape index (κ3) is 4.39. The molecule has 138 valence electrons. The monoisotopic (exact) mass is 372 g/mol. The smallest absolute Gasteiger partial charge is 0.282 e. The summed E-state index contributed by atoms with van der Waals surface area (Å²) in [5.41, 5.74) is 6.56. The normalized spacial score (nSPS) is 25.4. The molecule has 0 aromatic carbocycles. The number of likely N-dealkylation sites (tertiary alicyclic amines) is 1. The number of aromatic nitrogens is 1. The van der Waals surface area contributed by atoms with Crippen LogP contribution in [0.15, 0.2) is 12.3 Å². The van der Waals surface area contributed by atoms with Crippen molar-refractivity contribution in [2.24, 2.45) is 17.6 Å². The number of nitrogens with two attached hydrogens (primary N) is 1. The SMILES string of the molecule is NCC1CCC(CNc2cc(Cl)ncc2C(=O)N2CC(F)(F)C2)CC1. The zero-order valence-corrected chi connectivity index (χ0v) is 14.7. The van der Waals surface area contributed by atoms with E-state index in [0.29, 0.717) is 24.1 Å². The van der Waals surface area contributed by atoms with Gasteiger partial charge in [-0.05, 0) is 50.1 Å². The number of nitrogens with zero attached hydrogens (tertiary/aromatic N) is 2. The van der Waals surface area contributed by atoms with E-state index in [1.54, 1.807) is 6.07 Å². The van der Waals surface area contributed by atoms with Crippen molar-refractivity contribution in [3.63, 3.8) is 0 Å². The van der Waals surface area contributed by atoms with Crippen LogP contribution in [-0.2, 0) is 0 Å². The zero-order chi connectivity index (χ0) is 18.0. The molecule has 1 aromatic heterocycles. The standard InChI is InChI=1S/C17H23ClF2N4O/c18-15-5-14(22-7-12-3-1-11(6-21)2-4-12)13(8-23-15)16(25)24-9-17(19,20)10-24/h5,8,11-12H,1-4,6-7,9-10,21H2,(H,22,23). The topological polar surface area (TPSA) is 71.2 Å². The molecule has 0 spiro atoms. The third-order valence-corrected chi connectivity index (χ3v) is 5.32. The Morgan fingerprint density at radius 2 is 1.96 bits per heavy atom.